The maximum Gasteiger partial charge on any atom is 0.317 e. The Morgan fingerprint density at radius 1 is 1.32 bits per heavy atom. The van der Waals surface area contributed by atoms with E-state index in [0.717, 1.165) is 44.6 Å². The van der Waals surface area contributed by atoms with Crippen LogP contribution in [0.1, 0.15) is 31.7 Å². The van der Waals surface area contributed by atoms with Crippen molar-refractivity contribution in [2.75, 3.05) is 32.0 Å². The first kappa shape index (κ1) is 21.4. The van der Waals surface area contributed by atoms with Gasteiger partial charge in [-0.05, 0) is 57.1 Å². The Kier molecular flexibility index (Phi) is 8.89. The second-order valence-corrected chi connectivity index (χ2v) is 6.55. The van der Waals surface area contributed by atoms with Crippen LogP contribution in [0.25, 0.3) is 0 Å². The predicted octanol–water partition coefficient (Wildman–Crippen LogP) is 2.44. The van der Waals surface area contributed by atoms with Gasteiger partial charge in [-0.2, -0.15) is 0 Å². The molecule has 1 saturated heterocycles. The molecule has 25 heavy (non-hydrogen) atoms. The normalized spacial score (nSPS) is 18.3. The lowest BCUT2D eigenvalue weighted by Crippen LogP contribution is -2.36. The van der Waals surface area contributed by atoms with Crippen LogP contribution in [0.5, 0.6) is 0 Å². The van der Waals surface area contributed by atoms with Crippen molar-refractivity contribution in [3.8, 4) is 0 Å². The van der Waals surface area contributed by atoms with Gasteiger partial charge in [0, 0.05) is 25.2 Å². The van der Waals surface area contributed by atoms with E-state index in [9.17, 15) is 9.59 Å². The summed E-state index contributed by atoms with van der Waals surface area (Å²) in [5.41, 5.74) is 2.01. The van der Waals surface area contributed by atoms with Crippen molar-refractivity contribution in [1.82, 2.24) is 9.80 Å². The first-order chi connectivity index (χ1) is 11.4. The first-order valence-electron chi connectivity index (χ1n) is 8.45. The van der Waals surface area contributed by atoms with Crippen molar-refractivity contribution in [3.63, 3.8) is 0 Å². The number of likely N-dealkylation sites (N-methyl/N-ethyl adjacent to an activating group) is 1. The van der Waals surface area contributed by atoms with E-state index in [1.165, 1.54) is 12.5 Å². The highest BCUT2D eigenvalue weighted by Crippen LogP contribution is 2.19. The molecule has 0 aromatic heterocycles. The summed E-state index contributed by atoms with van der Waals surface area (Å²) >= 11 is 0. The molecule has 2 rings (SSSR count). The van der Waals surface area contributed by atoms with Crippen molar-refractivity contribution in [3.05, 3.63) is 29.8 Å². The molecule has 1 heterocycles. The lowest BCUT2D eigenvalue weighted by molar-refractivity contribution is -0.138. The molecule has 6 nitrogen and oxygen atoms in total. The van der Waals surface area contributed by atoms with Gasteiger partial charge >= 0.3 is 5.97 Å². The summed E-state index contributed by atoms with van der Waals surface area (Å²) in [7, 11) is 1.89. The highest BCUT2D eigenvalue weighted by Gasteiger charge is 2.21. The molecule has 0 bridgehead atoms. The number of nitrogens with one attached hydrogen (secondary N) is 1. The molecule has 1 atom stereocenters. The fourth-order valence-corrected chi connectivity index (χ4v) is 3.29. The SMILES string of the molecule is CC(=O)Nc1cccc(CN2CCCC(N(C)CC(=O)O)CC2)c1.Cl. The number of carbonyl (C=O) groups is 2. The topological polar surface area (TPSA) is 72.9 Å². The number of carboxylic acid groups (broad SMARTS) is 1. The van der Waals surface area contributed by atoms with Crippen molar-refractivity contribution in [1.29, 1.82) is 0 Å². The minimum atomic E-state index is -0.770. The quantitative estimate of drug-likeness (QED) is 0.805. The first-order valence-corrected chi connectivity index (χ1v) is 8.45. The van der Waals surface area contributed by atoms with Gasteiger partial charge in [-0.3, -0.25) is 19.4 Å². The molecule has 0 aliphatic carbocycles. The van der Waals surface area contributed by atoms with Gasteiger partial charge in [-0.25, -0.2) is 0 Å². The average Bonchev–Trinajstić information content (AvgIpc) is 2.72. The molecule has 0 saturated carbocycles. The summed E-state index contributed by atoms with van der Waals surface area (Å²) in [5.74, 6) is -0.834. The molecular weight excluding hydrogens is 342 g/mol. The lowest BCUT2D eigenvalue weighted by Gasteiger charge is -2.25. The molecule has 2 N–H and O–H groups in total. The zero-order chi connectivity index (χ0) is 17.5. The second-order valence-electron chi connectivity index (χ2n) is 6.55. The standard InChI is InChI=1S/C18H27N3O3.ClH/c1-14(22)19-16-6-3-5-15(11-16)12-21-9-4-7-17(8-10-21)20(2)13-18(23)24;/h3,5-6,11,17H,4,7-10,12-13H2,1-2H3,(H,19,22)(H,23,24);1H. The zero-order valence-electron chi connectivity index (χ0n) is 14.9. The van der Waals surface area contributed by atoms with Crippen LogP contribution < -0.4 is 5.32 Å². The molecule has 1 unspecified atom stereocenters. The Morgan fingerprint density at radius 3 is 2.76 bits per heavy atom. The molecular formula is C18H28ClN3O3. The lowest BCUT2D eigenvalue weighted by atomic mass is 10.1. The van der Waals surface area contributed by atoms with E-state index in [1.54, 1.807) is 0 Å². The monoisotopic (exact) mass is 369 g/mol. The number of hydrogen-bond donors (Lipinski definition) is 2. The zero-order valence-corrected chi connectivity index (χ0v) is 15.7. The predicted molar refractivity (Wildman–Crippen MR) is 101 cm³/mol. The van der Waals surface area contributed by atoms with Gasteiger partial charge in [-0.15, -0.1) is 12.4 Å². The number of benzene rings is 1. The number of likely N-dealkylation sites (tertiary alicyclic amines) is 1. The van der Waals surface area contributed by atoms with E-state index >= 15 is 0 Å². The molecule has 1 aliphatic heterocycles. The van der Waals surface area contributed by atoms with Crippen LogP contribution in [0.15, 0.2) is 24.3 Å². The molecule has 1 fully saturated rings. The molecule has 1 aromatic carbocycles. The number of amides is 1. The molecule has 7 heteroatoms. The van der Waals surface area contributed by atoms with Crippen LogP contribution in [0.4, 0.5) is 5.69 Å². The third-order valence-electron chi connectivity index (χ3n) is 4.45. The number of hydrogen-bond acceptors (Lipinski definition) is 4. The van der Waals surface area contributed by atoms with Gasteiger partial charge in [0.2, 0.25) is 5.91 Å². The molecule has 1 aliphatic rings. The largest absolute Gasteiger partial charge is 0.480 e. The van der Waals surface area contributed by atoms with Crippen LogP contribution in [0.3, 0.4) is 0 Å². The number of rotatable bonds is 6. The van der Waals surface area contributed by atoms with Crippen LogP contribution >= 0.6 is 12.4 Å². The third kappa shape index (κ3) is 7.42. The third-order valence-corrected chi connectivity index (χ3v) is 4.45. The van der Waals surface area contributed by atoms with Gasteiger partial charge in [0.05, 0.1) is 6.54 Å². The molecule has 1 amide bonds. The minimum Gasteiger partial charge on any atom is -0.480 e. The Morgan fingerprint density at radius 2 is 2.08 bits per heavy atom. The van der Waals surface area contributed by atoms with Crippen molar-refractivity contribution in [2.45, 2.75) is 38.8 Å². The number of anilines is 1. The highest BCUT2D eigenvalue weighted by atomic mass is 35.5. The number of carboxylic acids is 1. The van der Waals surface area contributed by atoms with Crippen molar-refractivity contribution >= 4 is 30.0 Å². The highest BCUT2D eigenvalue weighted by molar-refractivity contribution is 5.88. The van der Waals surface area contributed by atoms with E-state index in [1.807, 2.05) is 30.1 Å². The van der Waals surface area contributed by atoms with E-state index in [0.29, 0.717) is 6.04 Å². The van der Waals surface area contributed by atoms with Gasteiger partial charge < -0.3 is 10.4 Å². The maximum absolute atomic E-state index is 11.2. The van der Waals surface area contributed by atoms with Crippen LogP contribution in [0.2, 0.25) is 0 Å². The summed E-state index contributed by atoms with van der Waals surface area (Å²) in [6.45, 7) is 4.43. The van der Waals surface area contributed by atoms with Crippen molar-refractivity contribution < 1.29 is 14.7 Å². The summed E-state index contributed by atoms with van der Waals surface area (Å²) in [5, 5.41) is 11.8. The van der Waals surface area contributed by atoms with E-state index < -0.39 is 5.97 Å². The van der Waals surface area contributed by atoms with Gasteiger partial charge in [-0.1, -0.05) is 12.1 Å². The summed E-state index contributed by atoms with van der Waals surface area (Å²) in [6.07, 6.45) is 3.08. The van der Waals surface area contributed by atoms with Gasteiger partial charge in [0.25, 0.3) is 0 Å². The van der Waals surface area contributed by atoms with E-state index in [2.05, 4.69) is 16.3 Å². The summed E-state index contributed by atoms with van der Waals surface area (Å²) in [6, 6.07) is 8.27. The number of carbonyl (C=O) groups excluding carboxylic acids is 1. The Bertz CT molecular complexity index is 582. The fraction of sp³-hybridized carbons (Fsp3) is 0.556. The Balaban J connectivity index is 0.00000312. The van der Waals surface area contributed by atoms with E-state index in [4.69, 9.17) is 5.11 Å². The molecule has 0 spiro atoms. The van der Waals surface area contributed by atoms with Crippen LogP contribution in [-0.2, 0) is 16.1 Å². The number of halogens is 1. The number of nitrogens with zero attached hydrogens (tertiary/aromatic N) is 2. The number of aliphatic carboxylic acids is 1. The van der Waals surface area contributed by atoms with E-state index in [-0.39, 0.29) is 24.9 Å². The molecule has 0 radical (unpaired) electrons. The second kappa shape index (κ2) is 10.4. The fourth-order valence-electron chi connectivity index (χ4n) is 3.29. The Labute approximate surface area is 155 Å². The summed E-state index contributed by atoms with van der Waals surface area (Å²) in [4.78, 5) is 26.4. The molecule has 140 valence electrons. The van der Waals surface area contributed by atoms with Gasteiger partial charge in [0.15, 0.2) is 0 Å². The minimum absolute atomic E-state index is 0. The van der Waals surface area contributed by atoms with Crippen LogP contribution in [-0.4, -0.2) is 59.5 Å². The molecule has 1 aromatic rings. The Hall–Kier alpha value is -1.63. The van der Waals surface area contributed by atoms with Crippen LogP contribution in [0, 0.1) is 0 Å². The maximum atomic E-state index is 11.2. The smallest absolute Gasteiger partial charge is 0.317 e. The van der Waals surface area contributed by atoms with Crippen molar-refractivity contribution in [2.24, 2.45) is 0 Å². The van der Waals surface area contributed by atoms with Gasteiger partial charge in [0.1, 0.15) is 0 Å². The summed E-state index contributed by atoms with van der Waals surface area (Å²) < 4.78 is 0. The average molecular weight is 370 g/mol.